The van der Waals surface area contributed by atoms with Crippen LogP contribution in [0.1, 0.15) is 5.56 Å². The van der Waals surface area contributed by atoms with E-state index in [1.54, 1.807) is 41.7 Å². The summed E-state index contributed by atoms with van der Waals surface area (Å²) in [6.07, 6.45) is 4.69. The minimum absolute atomic E-state index is 0.0880. The molecule has 0 spiro atoms. The molecular weight excluding hydrogens is 377 g/mol. The zero-order chi connectivity index (χ0) is 20.5. The normalized spacial score (nSPS) is 10.6. The number of nitrogens with zero attached hydrogens (tertiary/aromatic N) is 5. The quantitative estimate of drug-likeness (QED) is 0.402. The zero-order valence-corrected chi connectivity index (χ0v) is 15.7. The van der Waals surface area contributed by atoms with Crippen LogP contribution in [0.15, 0.2) is 48.9 Å². The maximum Gasteiger partial charge on any atom is 0.226 e. The van der Waals surface area contributed by atoms with Crippen LogP contribution in [-0.4, -0.2) is 56.5 Å². The van der Waals surface area contributed by atoms with Gasteiger partial charge in [-0.15, -0.1) is 0 Å². The standard InChI is InChI=1S/C19H22FN7O2/c20-15-3-1-14(2-4-15)12-23-19-25-16(24-17-13-21-5-6-22-17)11-18(26-19)27(7-9-28)8-10-29/h1-6,11,13,28-29H,7-10,12H2,(H2,22,23,24,25,26). The summed E-state index contributed by atoms with van der Waals surface area (Å²) in [7, 11) is 0. The van der Waals surface area contributed by atoms with Crippen LogP contribution in [0.5, 0.6) is 0 Å². The van der Waals surface area contributed by atoms with Crippen molar-refractivity contribution in [1.82, 2.24) is 19.9 Å². The summed E-state index contributed by atoms with van der Waals surface area (Å²) in [6, 6.07) is 7.83. The smallest absolute Gasteiger partial charge is 0.226 e. The average molecular weight is 399 g/mol. The number of aliphatic hydroxyl groups excluding tert-OH is 2. The Morgan fingerprint density at radius 3 is 2.38 bits per heavy atom. The lowest BCUT2D eigenvalue weighted by Gasteiger charge is -2.23. The zero-order valence-electron chi connectivity index (χ0n) is 15.7. The van der Waals surface area contributed by atoms with E-state index >= 15 is 0 Å². The van der Waals surface area contributed by atoms with E-state index in [0.29, 0.717) is 43.0 Å². The van der Waals surface area contributed by atoms with E-state index in [-0.39, 0.29) is 19.0 Å². The molecule has 10 heteroatoms. The molecule has 2 aromatic heterocycles. The highest BCUT2D eigenvalue weighted by Crippen LogP contribution is 2.21. The highest BCUT2D eigenvalue weighted by atomic mass is 19.1. The highest BCUT2D eigenvalue weighted by molar-refractivity contribution is 5.59. The van der Waals surface area contributed by atoms with Crippen LogP contribution in [0.2, 0.25) is 0 Å². The maximum absolute atomic E-state index is 13.1. The van der Waals surface area contributed by atoms with Crippen LogP contribution in [0.3, 0.4) is 0 Å². The summed E-state index contributed by atoms with van der Waals surface area (Å²) >= 11 is 0. The van der Waals surface area contributed by atoms with Crippen molar-refractivity contribution >= 4 is 23.4 Å². The predicted molar refractivity (Wildman–Crippen MR) is 107 cm³/mol. The summed E-state index contributed by atoms with van der Waals surface area (Å²) in [5, 5.41) is 24.8. The number of benzene rings is 1. The Kier molecular flexibility index (Phi) is 7.20. The fourth-order valence-electron chi connectivity index (χ4n) is 2.60. The van der Waals surface area contributed by atoms with Gasteiger partial charge in [0.05, 0.1) is 19.4 Å². The Hall–Kier alpha value is -3.37. The summed E-state index contributed by atoms with van der Waals surface area (Å²) in [5.41, 5.74) is 0.867. The van der Waals surface area contributed by atoms with Gasteiger partial charge in [-0.25, -0.2) is 9.37 Å². The van der Waals surface area contributed by atoms with Crippen LogP contribution in [0, 0.1) is 5.82 Å². The molecule has 3 rings (SSSR count). The molecule has 0 aliphatic carbocycles. The van der Waals surface area contributed by atoms with E-state index in [1.807, 2.05) is 0 Å². The Labute approximate surface area is 167 Å². The number of nitrogens with one attached hydrogen (secondary N) is 2. The second kappa shape index (κ2) is 10.2. The lowest BCUT2D eigenvalue weighted by atomic mass is 10.2. The Balaban J connectivity index is 1.85. The summed E-state index contributed by atoms with van der Waals surface area (Å²) in [4.78, 5) is 18.8. The van der Waals surface area contributed by atoms with Crippen molar-refractivity contribution < 1.29 is 14.6 Å². The van der Waals surface area contributed by atoms with Gasteiger partial charge in [0.15, 0.2) is 0 Å². The molecule has 0 atom stereocenters. The van der Waals surface area contributed by atoms with Gasteiger partial charge in [0.2, 0.25) is 5.95 Å². The fourth-order valence-corrected chi connectivity index (χ4v) is 2.60. The first kappa shape index (κ1) is 20.4. The summed E-state index contributed by atoms with van der Waals surface area (Å²) < 4.78 is 13.1. The maximum atomic E-state index is 13.1. The van der Waals surface area contributed by atoms with Gasteiger partial charge in [0.25, 0.3) is 0 Å². The van der Waals surface area contributed by atoms with Gasteiger partial charge >= 0.3 is 0 Å². The minimum atomic E-state index is -0.300. The Bertz CT molecular complexity index is 891. The fraction of sp³-hybridized carbons (Fsp3) is 0.263. The van der Waals surface area contributed by atoms with E-state index < -0.39 is 0 Å². The summed E-state index contributed by atoms with van der Waals surface area (Å²) in [6.45, 7) is 0.831. The van der Waals surface area contributed by atoms with Crippen molar-refractivity contribution in [3.8, 4) is 0 Å². The molecule has 0 bridgehead atoms. The molecule has 29 heavy (non-hydrogen) atoms. The van der Waals surface area contributed by atoms with Gasteiger partial charge in [-0.05, 0) is 17.7 Å². The minimum Gasteiger partial charge on any atom is -0.395 e. The van der Waals surface area contributed by atoms with Crippen molar-refractivity contribution in [3.63, 3.8) is 0 Å². The number of rotatable bonds is 10. The van der Waals surface area contributed by atoms with Crippen LogP contribution >= 0.6 is 0 Å². The molecule has 152 valence electrons. The highest BCUT2D eigenvalue weighted by Gasteiger charge is 2.12. The third-order valence-electron chi connectivity index (χ3n) is 3.96. The largest absolute Gasteiger partial charge is 0.395 e. The van der Waals surface area contributed by atoms with Gasteiger partial charge in [0.1, 0.15) is 23.3 Å². The van der Waals surface area contributed by atoms with Gasteiger partial charge < -0.3 is 25.7 Å². The molecule has 1 aromatic carbocycles. The molecular formula is C19H22FN7O2. The van der Waals surface area contributed by atoms with E-state index in [2.05, 4.69) is 30.6 Å². The van der Waals surface area contributed by atoms with Gasteiger partial charge in [0, 0.05) is 38.1 Å². The molecule has 4 N–H and O–H groups in total. The van der Waals surface area contributed by atoms with Gasteiger partial charge in [-0.3, -0.25) is 4.98 Å². The molecule has 0 unspecified atom stereocenters. The monoisotopic (exact) mass is 399 g/mol. The molecule has 0 aliphatic heterocycles. The molecule has 0 saturated carbocycles. The predicted octanol–water partition coefficient (Wildman–Crippen LogP) is 1.55. The van der Waals surface area contributed by atoms with Crippen LogP contribution in [0.25, 0.3) is 0 Å². The number of hydrogen-bond donors (Lipinski definition) is 4. The summed E-state index contributed by atoms with van der Waals surface area (Å²) in [5.74, 6) is 1.54. The topological polar surface area (TPSA) is 119 Å². The molecule has 0 fully saturated rings. The van der Waals surface area contributed by atoms with Crippen molar-refractivity contribution in [1.29, 1.82) is 0 Å². The number of aliphatic hydroxyl groups is 2. The van der Waals surface area contributed by atoms with Crippen LogP contribution < -0.4 is 15.5 Å². The molecule has 9 nitrogen and oxygen atoms in total. The van der Waals surface area contributed by atoms with Gasteiger partial charge in [-0.2, -0.15) is 9.97 Å². The lowest BCUT2D eigenvalue weighted by molar-refractivity contribution is 0.280. The first-order chi connectivity index (χ1) is 14.2. The van der Waals surface area contributed by atoms with Crippen LogP contribution in [-0.2, 0) is 6.54 Å². The first-order valence-corrected chi connectivity index (χ1v) is 9.05. The van der Waals surface area contributed by atoms with Crippen molar-refractivity contribution in [2.75, 3.05) is 41.8 Å². The lowest BCUT2D eigenvalue weighted by Crippen LogP contribution is -2.30. The van der Waals surface area contributed by atoms with Crippen molar-refractivity contribution in [2.24, 2.45) is 0 Å². The second-order valence-electron chi connectivity index (χ2n) is 6.06. The number of hydrogen-bond acceptors (Lipinski definition) is 9. The van der Waals surface area contributed by atoms with E-state index in [9.17, 15) is 14.6 Å². The van der Waals surface area contributed by atoms with Crippen molar-refractivity contribution in [2.45, 2.75) is 6.54 Å². The molecule has 2 heterocycles. The van der Waals surface area contributed by atoms with E-state index in [1.165, 1.54) is 12.1 Å². The Morgan fingerprint density at radius 1 is 0.966 bits per heavy atom. The number of aromatic nitrogens is 4. The van der Waals surface area contributed by atoms with Crippen LogP contribution in [0.4, 0.5) is 27.8 Å². The average Bonchev–Trinajstić information content (AvgIpc) is 2.74. The molecule has 0 radical (unpaired) electrons. The molecule has 3 aromatic rings. The third-order valence-corrected chi connectivity index (χ3v) is 3.96. The van der Waals surface area contributed by atoms with Gasteiger partial charge in [-0.1, -0.05) is 12.1 Å². The second-order valence-corrected chi connectivity index (χ2v) is 6.06. The molecule has 0 saturated heterocycles. The first-order valence-electron chi connectivity index (χ1n) is 9.05. The van der Waals surface area contributed by atoms with E-state index in [0.717, 1.165) is 5.56 Å². The Morgan fingerprint density at radius 2 is 1.72 bits per heavy atom. The van der Waals surface area contributed by atoms with E-state index in [4.69, 9.17) is 0 Å². The SMILES string of the molecule is OCCN(CCO)c1cc(Nc2cnccn2)nc(NCc2ccc(F)cc2)n1. The molecule has 0 aliphatic rings. The number of anilines is 4. The third kappa shape index (κ3) is 6.06. The molecule has 0 amide bonds. The number of halogens is 1. The van der Waals surface area contributed by atoms with Crippen molar-refractivity contribution in [3.05, 3.63) is 60.3 Å².